The molecule has 2 aromatic carbocycles. The molecule has 4 aromatic rings. The lowest BCUT2D eigenvalue weighted by molar-refractivity contribution is -0.121. The molecule has 9 heteroatoms. The van der Waals surface area contributed by atoms with Gasteiger partial charge in [0.2, 0.25) is 11.7 Å². The van der Waals surface area contributed by atoms with E-state index in [9.17, 15) is 9.59 Å². The first kappa shape index (κ1) is 21.6. The first-order valence-corrected chi connectivity index (χ1v) is 11.5. The number of carbonyl (C=O) groups excluding carboxylic acids is 1. The van der Waals surface area contributed by atoms with Gasteiger partial charge in [-0.1, -0.05) is 35.9 Å². The minimum Gasteiger partial charge on any atom is -0.376 e. The number of para-hydroxylation sites is 1. The minimum absolute atomic E-state index is 0.0546. The smallest absolute Gasteiger partial charge is 0.263 e. The van der Waals surface area contributed by atoms with Crippen molar-refractivity contribution in [2.45, 2.75) is 38.3 Å². The molecular formula is C24H24ClN5O3. The zero-order chi connectivity index (χ0) is 22.8. The molecule has 1 aliphatic rings. The largest absolute Gasteiger partial charge is 0.376 e. The summed E-state index contributed by atoms with van der Waals surface area (Å²) in [7, 11) is 0. The second kappa shape index (κ2) is 9.33. The SMILES string of the molecule is O=C(CCc1nnc2n(Cc3ccc(Cl)cc3)c(=O)c3ccccc3n12)NC[C@H]1CCCO1. The van der Waals surface area contributed by atoms with E-state index in [1.165, 1.54) is 0 Å². The van der Waals surface area contributed by atoms with E-state index in [0.717, 1.165) is 30.5 Å². The van der Waals surface area contributed by atoms with Crippen molar-refractivity contribution in [2.24, 2.45) is 0 Å². The Kier molecular flexibility index (Phi) is 6.11. The number of rotatable bonds is 7. The third-order valence-corrected chi connectivity index (χ3v) is 6.21. The highest BCUT2D eigenvalue weighted by atomic mass is 35.5. The second-order valence-electron chi connectivity index (χ2n) is 8.23. The highest BCUT2D eigenvalue weighted by Gasteiger charge is 2.19. The Bertz CT molecular complexity index is 1360. The van der Waals surface area contributed by atoms with Crippen molar-refractivity contribution >= 4 is 34.2 Å². The van der Waals surface area contributed by atoms with Crippen LogP contribution in [0.25, 0.3) is 16.7 Å². The molecule has 0 unspecified atom stereocenters. The van der Waals surface area contributed by atoms with Crippen LogP contribution in [0.1, 0.15) is 30.7 Å². The van der Waals surface area contributed by atoms with Crippen LogP contribution < -0.4 is 10.9 Å². The fraction of sp³-hybridized carbons (Fsp3) is 0.333. The van der Waals surface area contributed by atoms with Gasteiger partial charge in [0, 0.05) is 31.0 Å². The quantitative estimate of drug-likeness (QED) is 0.453. The number of aromatic nitrogens is 4. The van der Waals surface area contributed by atoms with Crippen molar-refractivity contribution < 1.29 is 9.53 Å². The number of halogens is 1. The van der Waals surface area contributed by atoms with Crippen LogP contribution in [-0.2, 0) is 22.5 Å². The lowest BCUT2D eigenvalue weighted by Gasteiger charge is -2.12. The summed E-state index contributed by atoms with van der Waals surface area (Å²) in [6.07, 6.45) is 2.80. The van der Waals surface area contributed by atoms with Gasteiger partial charge in [-0.25, -0.2) is 0 Å². The van der Waals surface area contributed by atoms with Crippen molar-refractivity contribution in [3.05, 3.63) is 75.3 Å². The van der Waals surface area contributed by atoms with E-state index in [1.807, 2.05) is 34.7 Å². The van der Waals surface area contributed by atoms with Crippen LogP contribution in [0.4, 0.5) is 0 Å². The molecule has 1 saturated heterocycles. The van der Waals surface area contributed by atoms with Crippen LogP contribution in [-0.4, -0.2) is 44.3 Å². The van der Waals surface area contributed by atoms with E-state index >= 15 is 0 Å². The highest BCUT2D eigenvalue weighted by Crippen LogP contribution is 2.17. The maximum atomic E-state index is 13.3. The van der Waals surface area contributed by atoms with E-state index in [4.69, 9.17) is 16.3 Å². The predicted molar refractivity (Wildman–Crippen MR) is 126 cm³/mol. The molecule has 0 aliphatic carbocycles. The number of nitrogens with one attached hydrogen (secondary N) is 1. The number of aryl methyl sites for hydroxylation is 1. The van der Waals surface area contributed by atoms with Crippen LogP contribution in [0.15, 0.2) is 53.3 Å². The number of ether oxygens (including phenoxy) is 1. The summed E-state index contributed by atoms with van der Waals surface area (Å²) >= 11 is 6.01. The van der Waals surface area contributed by atoms with Gasteiger partial charge in [0.05, 0.1) is 23.6 Å². The molecule has 2 aromatic heterocycles. The molecule has 0 saturated carbocycles. The van der Waals surface area contributed by atoms with Gasteiger partial charge in [0.1, 0.15) is 5.82 Å². The van der Waals surface area contributed by atoms with Gasteiger partial charge in [-0.2, -0.15) is 0 Å². The molecule has 0 radical (unpaired) electrons. The number of hydrogen-bond acceptors (Lipinski definition) is 5. The third kappa shape index (κ3) is 4.49. The average Bonchev–Trinajstić information content (AvgIpc) is 3.50. The Morgan fingerprint density at radius 3 is 2.76 bits per heavy atom. The molecule has 170 valence electrons. The Morgan fingerprint density at radius 1 is 1.15 bits per heavy atom. The molecule has 3 heterocycles. The van der Waals surface area contributed by atoms with E-state index in [1.54, 1.807) is 22.8 Å². The van der Waals surface area contributed by atoms with Crippen molar-refractivity contribution in [3.8, 4) is 0 Å². The van der Waals surface area contributed by atoms with Crippen molar-refractivity contribution in [3.63, 3.8) is 0 Å². The lowest BCUT2D eigenvalue weighted by atomic mass is 10.2. The van der Waals surface area contributed by atoms with Crippen molar-refractivity contribution in [1.82, 2.24) is 24.5 Å². The summed E-state index contributed by atoms with van der Waals surface area (Å²) in [5, 5.41) is 12.8. The normalized spacial score (nSPS) is 16.0. The number of benzene rings is 2. The Labute approximate surface area is 195 Å². The number of amides is 1. The van der Waals surface area contributed by atoms with Gasteiger partial charge in [0.15, 0.2) is 0 Å². The highest BCUT2D eigenvalue weighted by molar-refractivity contribution is 6.30. The molecule has 0 bridgehead atoms. The molecule has 8 nitrogen and oxygen atoms in total. The van der Waals surface area contributed by atoms with Crippen molar-refractivity contribution in [2.75, 3.05) is 13.2 Å². The van der Waals surface area contributed by atoms with Gasteiger partial charge in [-0.3, -0.25) is 18.6 Å². The molecule has 1 fully saturated rings. The maximum absolute atomic E-state index is 13.3. The van der Waals surface area contributed by atoms with E-state index in [2.05, 4.69) is 15.5 Å². The minimum atomic E-state index is -0.138. The van der Waals surface area contributed by atoms with Crippen LogP contribution in [0.2, 0.25) is 5.02 Å². The van der Waals surface area contributed by atoms with Gasteiger partial charge < -0.3 is 10.1 Å². The second-order valence-corrected chi connectivity index (χ2v) is 8.66. The standard InChI is InChI=1S/C24H24ClN5O3/c25-17-9-7-16(8-10-17)15-29-23(32)19-5-1-2-6-20(19)30-21(27-28-24(29)30)11-12-22(31)26-14-18-4-3-13-33-18/h1-2,5-10,18H,3-4,11-15H2,(H,26,31)/t18-/m1/s1. The topological polar surface area (TPSA) is 90.5 Å². The fourth-order valence-electron chi connectivity index (χ4n) is 4.24. The molecule has 1 amide bonds. The number of fused-ring (bicyclic) bond motifs is 3. The van der Waals surface area contributed by atoms with Gasteiger partial charge in [-0.05, 0) is 42.7 Å². The number of hydrogen-bond donors (Lipinski definition) is 1. The summed E-state index contributed by atoms with van der Waals surface area (Å²) in [6, 6.07) is 14.8. The molecule has 33 heavy (non-hydrogen) atoms. The van der Waals surface area contributed by atoms with E-state index in [-0.39, 0.29) is 24.0 Å². The monoisotopic (exact) mass is 465 g/mol. The van der Waals surface area contributed by atoms with E-state index < -0.39 is 0 Å². The third-order valence-electron chi connectivity index (χ3n) is 5.96. The Morgan fingerprint density at radius 2 is 1.97 bits per heavy atom. The zero-order valence-corrected chi connectivity index (χ0v) is 18.8. The maximum Gasteiger partial charge on any atom is 0.263 e. The van der Waals surface area contributed by atoms with E-state index in [0.29, 0.717) is 41.5 Å². The van der Waals surface area contributed by atoms with Crippen LogP contribution in [0.3, 0.4) is 0 Å². The van der Waals surface area contributed by atoms with Crippen molar-refractivity contribution in [1.29, 1.82) is 0 Å². The molecule has 1 aliphatic heterocycles. The molecular weight excluding hydrogens is 442 g/mol. The summed E-state index contributed by atoms with van der Waals surface area (Å²) in [4.78, 5) is 25.7. The van der Waals surface area contributed by atoms with Crippen LogP contribution in [0, 0.1) is 0 Å². The summed E-state index contributed by atoms with van der Waals surface area (Å²) in [5.74, 6) is 1.03. The number of nitrogens with zero attached hydrogens (tertiary/aromatic N) is 4. The number of carbonyl (C=O) groups is 1. The lowest BCUT2D eigenvalue weighted by Crippen LogP contribution is -2.32. The summed E-state index contributed by atoms with van der Waals surface area (Å²) in [5.41, 5.74) is 1.52. The van der Waals surface area contributed by atoms with Crippen LogP contribution >= 0.6 is 11.6 Å². The Balaban J connectivity index is 1.45. The van der Waals surface area contributed by atoms with Gasteiger partial charge in [0.25, 0.3) is 5.56 Å². The molecule has 1 N–H and O–H groups in total. The fourth-order valence-corrected chi connectivity index (χ4v) is 4.36. The van der Waals surface area contributed by atoms with Gasteiger partial charge in [-0.15, -0.1) is 10.2 Å². The first-order valence-electron chi connectivity index (χ1n) is 11.1. The average molecular weight is 466 g/mol. The summed E-state index contributed by atoms with van der Waals surface area (Å²) < 4.78 is 9.04. The summed E-state index contributed by atoms with van der Waals surface area (Å²) in [6.45, 7) is 1.63. The van der Waals surface area contributed by atoms with Gasteiger partial charge >= 0.3 is 0 Å². The Hall–Kier alpha value is -3.23. The molecule has 1 atom stereocenters. The van der Waals surface area contributed by atoms with Crippen LogP contribution in [0.5, 0.6) is 0 Å². The molecule has 0 spiro atoms. The zero-order valence-electron chi connectivity index (χ0n) is 18.0. The first-order chi connectivity index (χ1) is 16.1. The molecule has 5 rings (SSSR count). The predicted octanol–water partition coefficient (Wildman–Crippen LogP) is 2.97.